The van der Waals surface area contributed by atoms with E-state index in [9.17, 15) is 4.79 Å². The van der Waals surface area contributed by atoms with Crippen LogP contribution in [0.15, 0.2) is 47.4 Å². The van der Waals surface area contributed by atoms with Gasteiger partial charge in [-0.1, -0.05) is 36.5 Å². The Hall–Kier alpha value is -2.11. The largest absolute Gasteiger partial charge is 0.341 e. The lowest BCUT2D eigenvalue weighted by atomic mass is 10.1. The molecular formula is C18H14N2OS2. The van der Waals surface area contributed by atoms with E-state index in [0.717, 1.165) is 28.8 Å². The fourth-order valence-electron chi connectivity index (χ4n) is 3.07. The fraction of sp³-hybridized carbons (Fsp3) is 0.111. The molecule has 0 radical (unpaired) electrons. The van der Waals surface area contributed by atoms with E-state index in [1.54, 1.807) is 0 Å². The number of aromatic nitrogens is 1. The van der Waals surface area contributed by atoms with Gasteiger partial charge in [0.15, 0.2) is 0 Å². The molecule has 0 unspecified atom stereocenters. The molecule has 0 atom stereocenters. The lowest BCUT2D eigenvalue weighted by molar-refractivity contribution is 0.265. The average Bonchev–Trinajstić information content (AvgIpc) is 3.04. The van der Waals surface area contributed by atoms with Gasteiger partial charge in [-0.05, 0) is 48.5 Å². The predicted octanol–water partition coefficient (Wildman–Crippen LogP) is 4.94. The topological polar surface area (TPSA) is 34.0 Å². The Labute approximate surface area is 143 Å². The summed E-state index contributed by atoms with van der Waals surface area (Å²) in [6, 6.07) is 14.8. The van der Waals surface area contributed by atoms with Gasteiger partial charge in [0.1, 0.15) is 4.99 Å². The predicted molar refractivity (Wildman–Crippen MR) is 102 cm³/mol. The van der Waals surface area contributed by atoms with Crippen LogP contribution in [-0.2, 0) is 6.54 Å². The third-order valence-electron chi connectivity index (χ3n) is 4.05. The van der Waals surface area contributed by atoms with Gasteiger partial charge in [0.25, 0.3) is 5.24 Å². The summed E-state index contributed by atoms with van der Waals surface area (Å²) in [6.45, 7) is 3.09. The quantitative estimate of drug-likeness (QED) is 0.531. The first kappa shape index (κ1) is 14.5. The van der Waals surface area contributed by atoms with Crippen molar-refractivity contribution < 1.29 is 4.79 Å². The molecule has 23 heavy (non-hydrogen) atoms. The van der Waals surface area contributed by atoms with Crippen LogP contribution in [0.1, 0.15) is 12.5 Å². The molecule has 1 aliphatic heterocycles. The number of thioether (sulfide) groups is 1. The van der Waals surface area contributed by atoms with Crippen LogP contribution in [0.3, 0.4) is 0 Å². The number of thiocarbonyl (C=S) groups is 1. The van der Waals surface area contributed by atoms with E-state index < -0.39 is 0 Å². The number of rotatable bonds is 2. The van der Waals surface area contributed by atoms with Crippen molar-refractivity contribution in [2.45, 2.75) is 13.5 Å². The Kier molecular flexibility index (Phi) is 3.47. The fourth-order valence-corrected chi connectivity index (χ4v) is 4.11. The average molecular weight is 338 g/mol. The maximum absolute atomic E-state index is 11.4. The molecule has 2 aromatic carbocycles. The number of carbonyl (C=O) groups is 1. The van der Waals surface area contributed by atoms with Crippen molar-refractivity contribution in [3.05, 3.63) is 52.9 Å². The number of hydrogen-bond donors (Lipinski definition) is 1. The molecule has 1 saturated heterocycles. The maximum Gasteiger partial charge on any atom is 0.289 e. The van der Waals surface area contributed by atoms with Crippen LogP contribution in [-0.4, -0.2) is 14.8 Å². The van der Waals surface area contributed by atoms with Gasteiger partial charge >= 0.3 is 0 Å². The Morgan fingerprint density at radius 3 is 2.70 bits per heavy atom. The van der Waals surface area contributed by atoms with Crippen LogP contribution in [0, 0.1) is 0 Å². The Morgan fingerprint density at radius 1 is 1.17 bits per heavy atom. The highest BCUT2D eigenvalue weighted by Crippen LogP contribution is 2.32. The molecule has 1 aromatic heterocycles. The van der Waals surface area contributed by atoms with Gasteiger partial charge in [-0.15, -0.1) is 0 Å². The summed E-state index contributed by atoms with van der Waals surface area (Å²) < 4.78 is 2.32. The number of para-hydroxylation sites is 1. The van der Waals surface area contributed by atoms with Crippen molar-refractivity contribution in [2.24, 2.45) is 0 Å². The third-order valence-corrected chi connectivity index (χ3v) is 5.33. The Balaban J connectivity index is 1.92. The molecule has 3 aromatic rings. The number of fused-ring (bicyclic) bond motifs is 3. The summed E-state index contributed by atoms with van der Waals surface area (Å²) in [7, 11) is 0. The summed E-state index contributed by atoms with van der Waals surface area (Å²) >= 11 is 6.34. The monoisotopic (exact) mass is 338 g/mol. The summed E-state index contributed by atoms with van der Waals surface area (Å²) in [6.07, 6.45) is 1.97. The molecule has 0 spiro atoms. The standard InChI is InChI=1S/C18H14N2OS2/c1-2-20-14-6-4-3-5-12(14)13-9-11(7-8-15(13)20)10-16-17(22)19-18(21)23-16/h3-10H,2H2,1H3,(H,19,21,22). The van der Waals surface area contributed by atoms with Crippen LogP contribution in [0.2, 0.25) is 0 Å². The molecule has 2 heterocycles. The smallest absolute Gasteiger partial charge is 0.289 e. The number of benzene rings is 2. The number of aryl methyl sites for hydroxylation is 1. The summed E-state index contributed by atoms with van der Waals surface area (Å²) in [5, 5.41) is 5.02. The van der Waals surface area contributed by atoms with E-state index in [0.29, 0.717) is 4.99 Å². The molecule has 114 valence electrons. The summed E-state index contributed by atoms with van der Waals surface area (Å²) in [5.74, 6) is 0. The third kappa shape index (κ3) is 2.36. The zero-order valence-electron chi connectivity index (χ0n) is 12.5. The van der Waals surface area contributed by atoms with Gasteiger partial charge in [0.2, 0.25) is 0 Å². The zero-order valence-corrected chi connectivity index (χ0v) is 14.1. The molecule has 5 heteroatoms. The Bertz CT molecular complexity index is 1000. The van der Waals surface area contributed by atoms with Crippen LogP contribution in [0.4, 0.5) is 4.79 Å². The van der Waals surface area contributed by atoms with Crippen molar-refractivity contribution >= 4 is 62.1 Å². The van der Waals surface area contributed by atoms with Gasteiger partial charge in [0, 0.05) is 28.4 Å². The van der Waals surface area contributed by atoms with Crippen LogP contribution in [0.5, 0.6) is 0 Å². The lowest BCUT2D eigenvalue weighted by Gasteiger charge is -2.03. The van der Waals surface area contributed by atoms with Crippen molar-refractivity contribution in [1.29, 1.82) is 0 Å². The number of carbonyl (C=O) groups excluding carboxylic acids is 1. The number of amides is 1. The number of hydrogen-bond acceptors (Lipinski definition) is 3. The van der Waals surface area contributed by atoms with Gasteiger partial charge in [-0.3, -0.25) is 4.79 Å². The molecule has 1 aliphatic rings. The lowest BCUT2D eigenvalue weighted by Crippen LogP contribution is -2.15. The summed E-state index contributed by atoms with van der Waals surface area (Å²) in [4.78, 5) is 12.7. The van der Waals surface area contributed by atoms with Crippen molar-refractivity contribution in [1.82, 2.24) is 9.88 Å². The Morgan fingerprint density at radius 2 is 1.96 bits per heavy atom. The van der Waals surface area contributed by atoms with Gasteiger partial charge in [0.05, 0.1) is 4.91 Å². The summed E-state index contributed by atoms with van der Waals surface area (Å²) in [5.41, 5.74) is 3.53. The first-order valence-electron chi connectivity index (χ1n) is 7.43. The molecule has 3 nitrogen and oxygen atoms in total. The highest BCUT2D eigenvalue weighted by atomic mass is 32.2. The molecule has 0 aliphatic carbocycles. The van der Waals surface area contributed by atoms with Gasteiger partial charge < -0.3 is 9.88 Å². The molecular weight excluding hydrogens is 324 g/mol. The van der Waals surface area contributed by atoms with E-state index >= 15 is 0 Å². The van der Waals surface area contributed by atoms with E-state index in [-0.39, 0.29) is 5.24 Å². The highest BCUT2D eigenvalue weighted by Gasteiger charge is 2.21. The highest BCUT2D eigenvalue weighted by molar-refractivity contribution is 8.19. The van der Waals surface area contributed by atoms with Crippen molar-refractivity contribution in [3.63, 3.8) is 0 Å². The van der Waals surface area contributed by atoms with Crippen molar-refractivity contribution in [3.8, 4) is 0 Å². The minimum atomic E-state index is -0.107. The molecule has 0 saturated carbocycles. The molecule has 1 fully saturated rings. The second-order valence-corrected chi connectivity index (χ2v) is 6.81. The normalized spacial score (nSPS) is 16.7. The van der Waals surface area contributed by atoms with Gasteiger partial charge in [-0.2, -0.15) is 0 Å². The molecule has 4 rings (SSSR count). The maximum atomic E-state index is 11.4. The first-order chi connectivity index (χ1) is 11.2. The van der Waals surface area contributed by atoms with Crippen LogP contribution >= 0.6 is 24.0 Å². The van der Waals surface area contributed by atoms with E-state index in [1.807, 2.05) is 6.08 Å². The SMILES string of the molecule is CCn1c2ccccc2c2cc(C=C3SC(=O)NC3=S)ccc21. The van der Waals surface area contributed by atoms with E-state index in [2.05, 4.69) is 59.3 Å². The second-order valence-electron chi connectivity index (χ2n) is 5.39. The van der Waals surface area contributed by atoms with Crippen molar-refractivity contribution in [2.75, 3.05) is 0 Å². The molecule has 0 bridgehead atoms. The molecule has 1 amide bonds. The van der Waals surface area contributed by atoms with E-state index in [4.69, 9.17) is 12.2 Å². The minimum absolute atomic E-state index is 0.107. The minimum Gasteiger partial charge on any atom is -0.341 e. The second kappa shape index (κ2) is 5.51. The zero-order chi connectivity index (χ0) is 16.0. The van der Waals surface area contributed by atoms with Gasteiger partial charge in [-0.25, -0.2) is 0 Å². The number of nitrogens with zero attached hydrogens (tertiary/aromatic N) is 1. The van der Waals surface area contributed by atoms with E-state index in [1.165, 1.54) is 21.8 Å². The first-order valence-corrected chi connectivity index (χ1v) is 8.65. The van der Waals surface area contributed by atoms with Crippen LogP contribution in [0.25, 0.3) is 27.9 Å². The molecule has 1 N–H and O–H groups in total. The number of nitrogens with one attached hydrogen (secondary N) is 1. The van der Waals surface area contributed by atoms with Crippen LogP contribution < -0.4 is 5.32 Å².